The third-order valence-electron chi connectivity index (χ3n) is 2.64. The molecule has 1 aromatic rings. The van der Waals surface area contributed by atoms with Gasteiger partial charge in [-0.05, 0) is 38.9 Å². The van der Waals surface area contributed by atoms with Crippen molar-refractivity contribution in [3.63, 3.8) is 0 Å². The first kappa shape index (κ1) is 15.1. The Balaban J connectivity index is 3.07. The van der Waals surface area contributed by atoms with Crippen LogP contribution in [0.1, 0.15) is 38.8 Å². The molecule has 2 nitrogen and oxygen atoms in total. The molecule has 0 heterocycles. The first-order valence-corrected chi connectivity index (χ1v) is 6.68. The molecule has 0 aromatic heterocycles. The number of hydrogen-bond donors (Lipinski definition) is 1. The van der Waals surface area contributed by atoms with Crippen LogP contribution in [0.3, 0.4) is 0 Å². The first-order chi connectivity index (χ1) is 8.58. The van der Waals surface area contributed by atoms with Crippen molar-refractivity contribution in [1.29, 1.82) is 0 Å². The number of methoxy groups -OCH3 is 1. The highest BCUT2D eigenvalue weighted by molar-refractivity contribution is 6.30. The predicted octanol–water partition coefficient (Wildman–Crippen LogP) is 4.36. The Morgan fingerprint density at radius 1 is 1.44 bits per heavy atom. The second-order valence-electron chi connectivity index (χ2n) is 4.56. The van der Waals surface area contributed by atoms with Crippen molar-refractivity contribution in [1.82, 2.24) is 5.32 Å². The maximum atomic E-state index is 5.99. The zero-order valence-corrected chi connectivity index (χ0v) is 12.3. The van der Waals surface area contributed by atoms with E-state index in [9.17, 15) is 0 Å². The molecule has 0 amide bonds. The van der Waals surface area contributed by atoms with Crippen LogP contribution < -0.4 is 10.1 Å². The molecule has 0 saturated heterocycles. The Kier molecular flexibility index (Phi) is 6.23. The van der Waals surface area contributed by atoms with Gasteiger partial charge in [0.2, 0.25) is 0 Å². The maximum absolute atomic E-state index is 5.99. The summed E-state index contributed by atoms with van der Waals surface area (Å²) in [6.07, 6.45) is 3.31. The molecular weight excluding hydrogens is 246 g/mol. The highest BCUT2D eigenvalue weighted by atomic mass is 35.5. The fourth-order valence-corrected chi connectivity index (χ4v) is 2.00. The molecule has 100 valence electrons. The molecule has 1 N–H and O–H groups in total. The number of allylic oxidation sites excluding steroid dienone is 1. The van der Waals surface area contributed by atoms with Crippen LogP contribution in [-0.2, 0) is 0 Å². The number of hydrogen-bond acceptors (Lipinski definition) is 2. The van der Waals surface area contributed by atoms with E-state index in [2.05, 4.69) is 32.2 Å². The zero-order chi connectivity index (χ0) is 13.5. The van der Waals surface area contributed by atoms with Gasteiger partial charge in [0, 0.05) is 10.6 Å². The third kappa shape index (κ3) is 4.35. The van der Waals surface area contributed by atoms with Crippen molar-refractivity contribution in [2.45, 2.75) is 33.2 Å². The molecule has 0 aliphatic carbocycles. The molecule has 0 fully saturated rings. The van der Waals surface area contributed by atoms with Gasteiger partial charge >= 0.3 is 0 Å². The zero-order valence-electron chi connectivity index (χ0n) is 11.6. The van der Waals surface area contributed by atoms with Crippen LogP contribution in [0, 0.1) is 0 Å². The van der Waals surface area contributed by atoms with Gasteiger partial charge in [-0.25, -0.2) is 0 Å². The normalized spacial score (nSPS) is 12.1. The number of rotatable bonds is 6. The van der Waals surface area contributed by atoms with Gasteiger partial charge in [0.25, 0.3) is 0 Å². The maximum Gasteiger partial charge on any atom is 0.125 e. The third-order valence-corrected chi connectivity index (χ3v) is 2.88. The molecule has 0 bridgehead atoms. The molecule has 0 saturated carbocycles. The molecule has 1 rings (SSSR count). The molecular formula is C15H22ClNO. The molecule has 0 aliphatic rings. The molecule has 0 aliphatic heterocycles. The number of halogens is 1. The summed E-state index contributed by atoms with van der Waals surface area (Å²) in [4.78, 5) is 0. The van der Waals surface area contributed by atoms with Gasteiger partial charge in [-0.2, -0.15) is 0 Å². The smallest absolute Gasteiger partial charge is 0.125 e. The van der Waals surface area contributed by atoms with E-state index in [1.54, 1.807) is 7.11 Å². The average molecular weight is 268 g/mol. The van der Waals surface area contributed by atoms with E-state index < -0.39 is 0 Å². The molecule has 1 atom stereocenters. The van der Waals surface area contributed by atoms with Gasteiger partial charge < -0.3 is 10.1 Å². The summed E-state index contributed by atoms with van der Waals surface area (Å²) in [6.45, 7) is 7.33. The van der Waals surface area contributed by atoms with Crippen molar-refractivity contribution in [3.05, 3.63) is 40.4 Å². The summed E-state index contributed by atoms with van der Waals surface area (Å²) in [5.74, 6) is 0.827. The van der Waals surface area contributed by atoms with E-state index in [-0.39, 0.29) is 6.04 Å². The fraction of sp³-hybridized carbons (Fsp3) is 0.467. The van der Waals surface area contributed by atoms with Crippen LogP contribution in [0.15, 0.2) is 29.8 Å². The minimum absolute atomic E-state index is 0.169. The second-order valence-corrected chi connectivity index (χ2v) is 5.00. The summed E-state index contributed by atoms with van der Waals surface area (Å²) in [7, 11) is 1.68. The van der Waals surface area contributed by atoms with E-state index in [1.807, 2.05) is 18.2 Å². The Labute approximate surface area is 115 Å². The summed E-state index contributed by atoms with van der Waals surface area (Å²) in [6, 6.07) is 5.95. The Morgan fingerprint density at radius 2 is 2.17 bits per heavy atom. The van der Waals surface area contributed by atoms with Crippen LogP contribution in [0.5, 0.6) is 5.75 Å². The van der Waals surface area contributed by atoms with Gasteiger partial charge in [-0.15, -0.1) is 0 Å². The fourth-order valence-electron chi connectivity index (χ4n) is 1.83. The van der Waals surface area contributed by atoms with Crippen molar-refractivity contribution in [2.24, 2.45) is 0 Å². The number of benzene rings is 1. The molecule has 3 heteroatoms. The molecule has 18 heavy (non-hydrogen) atoms. The van der Waals surface area contributed by atoms with Crippen molar-refractivity contribution in [3.8, 4) is 5.75 Å². The second kappa shape index (κ2) is 7.45. The lowest BCUT2D eigenvalue weighted by atomic mass is 10.0. The highest BCUT2D eigenvalue weighted by Gasteiger charge is 2.13. The summed E-state index contributed by atoms with van der Waals surface area (Å²) in [5.41, 5.74) is 2.40. The molecule has 1 unspecified atom stereocenters. The summed E-state index contributed by atoms with van der Waals surface area (Å²) in [5, 5.41) is 4.21. The van der Waals surface area contributed by atoms with E-state index in [0.717, 1.165) is 24.3 Å². The van der Waals surface area contributed by atoms with Gasteiger partial charge in [-0.1, -0.05) is 36.2 Å². The van der Waals surface area contributed by atoms with Crippen LogP contribution in [0.4, 0.5) is 0 Å². The van der Waals surface area contributed by atoms with Gasteiger partial charge in [0.1, 0.15) is 5.75 Å². The average Bonchev–Trinajstić information content (AvgIpc) is 2.34. The lowest BCUT2D eigenvalue weighted by Gasteiger charge is -2.19. The quantitative estimate of drug-likeness (QED) is 0.774. The van der Waals surface area contributed by atoms with Crippen LogP contribution in [-0.4, -0.2) is 13.7 Å². The van der Waals surface area contributed by atoms with E-state index in [1.165, 1.54) is 5.57 Å². The van der Waals surface area contributed by atoms with Gasteiger partial charge in [0.05, 0.1) is 13.2 Å². The SMILES string of the molecule is CCCNC(C=C(C)C)c1ccc(Cl)cc1OC. The topological polar surface area (TPSA) is 21.3 Å². The van der Waals surface area contributed by atoms with Crippen molar-refractivity contribution < 1.29 is 4.74 Å². The lowest BCUT2D eigenvalue weighted by Crippen LogP contribution is -2.21. The van der Waals surface area contributed by atoms with Gasteiger partial charge in [0.15, 0.2) is 0 Å². The predicted molar refractivity (Wildman–Crippen MR) is 78.5 cm³/mol. The van der Waals surface area contributed by atoms with Crippen LogP contribution in [0.2, 0.25) is 5.02 Å². The Bertz CT molecular complexity index is 411. The minimum Gasteiger partial charge on any atom is -0.496 e. The highest BCUT2D eigenvalue weighted by Crippen LogP contribution is 2.29. The Morgan fingerprint density at radius 3 is 2.72 bits per heavy atom. The largest absolute Gasteiger partial charge is 0.496 e. The molecule has 0 radical (unpaired) electrons. The molecule has 0 spiro atoms. The Hall–Kier alpha value is -0.990. The van der Waals surface area contributed by atoms with Crippen LogP contribution in [0.25, 0.3) is 0 Å². The molecule has 1 aromatic carbocycles. The van der Waals surface area contributed by atoms with E-state index in [0.29, 0.717) is 5.02 Å². The standard InChI is InChI=1S/C15H22ClNO/c1-5-8-17-14(9-11(2)3)13-7-6-12(16)10-15(13)18-4/h6-7,9-10,14,17H,5,8H2,1-4H3. The van der Waals surface area contributed by atoms with E-state index in [4.69, 9.17) is 16.3 Å². The monoisotopic (exact) mass is 267 g/mol. The van der Waals surface area contributed by atoms with E-state index >= 15 is 0 Å². The van der Waals surface area contributed by atoms with Crippen LogP contribution >= 0.6 is 11.6 Å². The first-order valence-electron chi connectivity index (χ1n) is 6.30. The van der Waals surface area contributed by atoms with Crippen molar-refractivity contribution in [2.75, 3.05) is 13.7 Å². The number of nitrogens with one attached hydrogen (secondary N) is 1. The minimum atomic E-state index is 0.169. The number of ether oxygens (including phenoxy) is 1. The summed E-state index contributed by atoms with van der Waals surface area (Å²) >= 11 is 5.99. The lowest BCUT2D eigenvalue weighted by molar-refractivity contribution is 0.404. The van der Waals surface area contributed by atoms with Crippen molar-refractivity contribution >= 4 is 11.6 Å². The van der Waals surface area contributed by atoms with Gasteiger partial charge in [-0.3, -0.25) is 0 Å². The summed E-state index contributed by atoms with van der Waals surface area (Å²) < 4.78 is 5.41.